The van der Waals surface area contributed by atoms with Crippen LogP contribution in [0.3, 0.4) is 0 Å². The second kappa shape index (κ2) is 9.43. The fourth-order valence-corrected chi connectivity index (χ4v) is 3.03. The molecule has 0 bridgehead atoms. The third-order valence-electron chi connectivity index (χ3n) is 4.50. The van der Waals surface area contributed by atoms with Crippen LogP contribution < -0.4 is 5.32 Å². The molecule has 30 heavy (non-hydrogen) atoms. The first kappa shape index (κ1) is 21.4. The summed E-state index contributed by atoms with van der Waals surface area (Å²) in [4.78, 5) is 16.6. The molecular formula is C21H24F2N6O. The normalized spacial score (nSPS) is 11.0. The summed E-state index contributed by atoms with van der Waals surface area (Å²) < 4.78 is 29.8. The van der Waals surface area contributed by atoms with E-state index in [0.29, 0.717) is 16.6 Å². The molecular weight excluding hydrogens is 390 g/mol. The number of unbranched alkanes of at least 4 members (excludes halogenated alkanes) is 2. The van der Waals surface area contributed by atoms with Gasteiger partial charge in [-0.2, -0.15) is 10.2 Å². The van der Waals surface area contributed by atoms with Crippen LogP contribution in [-0.4, -0.2) is 30.3 Å². The van der Waals surface area contributed by atoms with Gasteiger partial charge in [0.25, 0.3) is 12.3 Å². The van der Waals surface area contributed by atoms with Gasteiger partial charge in [0.2, 0.25) is 0 Å². The highest BCUT2D eigenvalue weighted by atomic mass is 19.3. The minimum atomic E-state index is -2.75. The quantitative estimate of drug-likeness (QED) is 0.498. The molecule has 0 spiro atoms. The number of nitrogens with zero attached hydrogens (tertiary/aromatic N) is 5. The number of aryl methyl sites for hydroxylation is 1. The van der Waals surface area contributed by atoms with Crippen molar-refractivity contribution in [1.82, 2.24) is 24.4 Å². The molecule has 0 aliphatic heterocycles. The number of alkyl halides is 2. The summed E-state index contributed by atoms with van der Waals surface area (Å²) in [6.45, 7) is 4.42. The molecule has 0 radical (unpaired) electrons. The lowest BCUT2D eigenvalue weighted by Crippen LogP contribution is -2.13. The Morgan fingerprint density at radius 2 is 2.00 bits per heavy atom. The van der Waals surface area contributed by atoms with Crippen molar-refractivity contribution in [3.63, 3.8) is 0 Å². The first-order valence-electron chi connectivity index (χ1n) is 9.79. The van der Waals surface area contributed by atoms with Gasteiger partial charge in [0.1, 0.15) is 5.56 Å². The van der Waals surface area contributed by atoms with Crippen LogP contribution in [0.1, 0.15) is 55.5 Å². The number of nitrogens with one attached hydrogen (secondary N) is 1. The number of hydrogen-bond acceptors (Lipinski definition) is 4. The molecule has 0 aliphatic carbocycles. The number of benzene rings is 1. The molecule has 0 fully saturated rings. The molecule has 3 aromatic heterocycles. The molecule has 0 saturated carbocycles. The molecule has 0 atom stereocenters. The van der Waals surface area contributed by atoms with Crippen LogP contribution in [-0.2, 0) is 7.05 Å². The van der Waals surface area contributed by atoms with Gasteiger partial charge < -0.3 is 5.32 Å². The van der Waals surface area contributed by atoms with Gasteiger partial charge in [0.15, 0.2) is 5.65 Å². The fraction of sp³-hybridized carbons (Fsp3) is 0.333. The van der Waals surface area contributed by atoms with E-state index in [9.17, 15) is 13.6 Å². The van der Waals surface area contributed by atoms with Crippen LogP contribution in [0.25, 0.3) is 16.6 Å². The molecule has 1 amide bonds. The summed E-state index contributed by atoms with van der Waals surface area (Å²) >= 11 is 0. The van der Waals surface area contributed by atoms with Gasteiger partial charge in [-0.15, -0.1) is 0 Å². The Morgan fingerprint density at radius 3 is 2.67 bits per heavy atom. The first-order chi connectivity index (χ1) is 14.4. The molecule has 1 N–H and O–H groups in total. The zero-order valence-corrected chi connectivity index (χ0v) is 17.1. The Bertz CT molecular complexity index is 1150. The molecule has 4 rings (SSSR count). The lowest BCUT2D eigenvalue weighted by Gasteiger charge is -2.10. The van der Waals surface area contributed by atoms with Gasteiger partial charge in [0, 0.05) is 36.6 Å². The lowest BCUT2D eigenvalue weighted by atomic mass is 10.1. The summed E-state index contributed by atoms with van der Waals surface area (Å²) in [7, 11) is 1.70. The third kappa shape index (κ3) is 4.61. The molecule has 0 saturated heterocycles. The van der Waals surface area contributed by atoms with Gasteiger partial charge in [-0.1, -0.05) is 33.1 Å². The summed E-state index contributed by atoms with van der Waals surface area (Å²) in [5.74, 6) is -0.557. The van der Waals surface area contributed by atoms with Crippen molar-refractivity contribution >= 4 is 28.1 Å². The minimum Gasteiger partial charge on any atom is -0.321 e. The SMILES string of the molecule is CCCCC.Cn1cc2cc(NC(=O)c3cnn4cccnc34)c(C(F)F)cc2n1. The maximum atomic E-state index is 13.4. The highest BCUT2D eigenvalue weighted by Crippen LogP contribution is 2.31. The first-order valence-corrected chi connectivity index (χ1v) is 9.79. The Hall–Kier alpha value is -3.36. The van der Waals surface area contributed by atoms with Crippen molar-refractivity contribution in [2.24, 2.45) is 7.05 Å². The van der Waals surface area contributed by atoms with Gasteiger partial charge in [-0.25, -0.2) is 18.3 Å². The van der Waals surface area contributed by atoms with Crippen molar-refractivity contribution in [3.05, 3.63) is 54.1 Å². The number of carbonyl (C=O) groups is 1. The molecule has 158 valence electrons. The van der Waals surface area contributed by atoms with Crippen LogP contribution in [0.15, 0.2) is 43.0 Å². The second-order valence-corrected chi connectivity index (χ2v) is 6.86. The van der Waals surface area contributed by atoms with E-state index in [2.05, 4.69) is 34.3 Å². The molecule has 0 unspecified atom stereocenters. The topological polar surface area (TPSA) is 77.1 Å². The van der Waals surface area contributed by atoms with Gasteiger partial charge in [0.05, 0.1) is 17.4 Å². The number of fused-ring (bicyclic) bond motifs is 2. The van der Waals surface area contributed by atoms with Gasteiger partial charge >= 0.3 is 0 Å². The van der Waals surface area contributed by atoms with Crippen LogP contribution in [0.5, 0.6) is 0 Å². The fourth-order valence-electron chi connectivity index (χ4n) is 3.03. The second-order valence-electron chi connectivity index (χ2n) is 6.86. The van der Waals surface area contributed by atoms with E-state index in [4.69, 9.17) is 0 Å². The average molecular weight is 414 g/mol. The Balaban J connectivity index is 0.000000461. The molecule has 4 aromatic rings. The minimum absolute atomic E-state index is 0.0378. The zero-order valence-electron chi connectivity index (χ0n) is 17.1. The van der Waals surface area contributed by atoms with E-state index in [1.165, 1.54) is 53.0 Å². The molecule has 0 aliphatic rings. The number of rotatable bonds is 5. The van der Waals surface area contributed by atoms with Gasteiger partial charge in [-0.3, -0.25) is 9.48 Å². The number of amides is 1. The van der Waals surface area contributed by atoms with Crippen molar-refractivity contribution in [2.75, 3.05) is 5.32 Å². The predicted octanol–water partition coefficient (Wildman–Crippen LogP) is 5.00. The van der Waals surface area contributed by atoms with E-state index in [-0.39, 0.29) is 16.8 Å². The Kier molecular flexibility index (Phi) is 6.71. The van der Waals surface area contributed by atoms with E-state index in [0.717, 1.165) is 0 Å². The Morgan fingerprint density at radius 1 is 1.23 bits per heavy atom. The number of anilines is 1. The number of halogens is 2. The van der Waals surface area contributed by atoms with Crippen molar-refractivity contribution in [2.45, 2.75) is 39.5 Å². The standard InChI is InChI=1S/C16H12F2N6O.C5H12/c1-23-8-9-5-13(10(14(17)18)6-12(9)22-23)21-16(25)11-7-20-24-4-2-3-19-15(11)24;1-3-5-4-2/h2-8,14H,1H3,(H,21,25);3-5H2,1-2H3. The van der Waals surface area contributed by atoms with E-state index in [1.807, 2.05) is 0 Å². The highest BCUT2D eigenvalue weighted by Gasteiger charge is 2.20. The maximum Gasteiger partial charge on any atom is 0.265 e. The van der Waals surface area contributed by atoms with E-state index >= 15 is 0 Å². The average Bonchev–Trinajstić information content (AvgIpc) is 3.30. The van der Waals surface area contributed by atoms with Gasteiger partial charge in [-0.05, 0) is 18.2 Å². The summed E-state index contributed by atoms with van der Waals surface area (Å²) in [6, 6.07) is 4.44. The van der Waals surface area contributed by atoms with Crippen LogP contribution in [0.4, 0.5) is 14.5 Å². The summed E-state index contributed by atoms with van der Waals surface area (Å²) in [5.41, 5.74) is 0.737. The van der Waals surface area contributed by atoms with E-state index < -0.39 is 12.3 Å². The monoisotopic (exact) mass is 414 g/mol. The largest absolute Gasteiger partial charge is 0.321 e. The summed E-state index contributed by atoms with van der Waals surface area (Å²) in [6.07, 6.45) is 7.54. The van der Waals surface area contributed by atoms with Crippen molar-refractivity contribution in [3.8, 4) is 0 Å². The molecule has 1 aromatic carbocycles. The number of aromatic nitrogens is 5. The van der Waals surface area contributed by atoms with Crippen molar-refractivity contribution in [1.29, 1.82) is 0 Å². The van der Waals surface area contributed by atoms with Crippen LogP contribution in [0.2, 0.25) is 0 Å². The smallest absolute Gasteiger partial charge is 0.265 e. The zero-order chi connectivity index (χ0) is 21.7. The molecule has 3 heterocycles. The van der Waals surface area contributed by atoms with Crippen LogP contribution in [0, 0.1) is 0 Å². The van der Waals surface area contributed by atoms with E-state index in [1.54, 1.807) is 25.5 Å². The van der Waals surface area contributed by atoms with Crippen LogP contribution >= 0.6 is 0 Å². The molecule has 7 nitrogen and oxygen atoms in total. The predicted molar refractivity (Wildman–Crippen MR) is 112 cm³/mol. The number of hydrogen-bond donors (Lipinski definition) is 1. The Labute approximate surface area is 172 Å². The highest BCUT2D eigenvalue weighted by molar-refractivity contribution is 6.09. The lowest BCUT2D eigenvalue weighted by molar-refractivity contribution is 0.102. The third-order valence-corrected chi connectivity index (χ3v) is 4.50. The van der Waals surface area contributed by atoms with Crippen molar-refractivity contribution < 1.29 is 13.6 Å². The number of carbonyl (C=O) groups excluding carboxylic acids is 1. The molecule has 9 heteroatoms. The summed E-state index contributed by atoms with van der Waals surface area (Å²) in [5, 5.41) is 11.3. The maximum absolute atomic E-state index is 13.4.